The largest absolute Gasteiger partial charge is 0.381 e. The predicted molar refractivity (Wildman–Crippen MR) is 86.0 cm³/mol. The minimum absolute atomic E-state index is 0.402. The van der Waals surface area contributed by atoms with Crippen LogP contribution in [0.25, 0.3) is 0 Å². The van der Waals surface area contributed by atoms with Crippen LogP contribution in [0.1, 0.15) is 30.7 Å². The van der Waals surface area contributed by atoms with E-state index in [0.29, 0.717) is 31.2 Å². The van der Waals surface area contributed by atoms with E-state index < -0.39 is 0 Å². The normalized spacial score (nSPS) is 24.7. The molecule has 2 fully saturated rings. The third kappa shape index (κ3) is 5.53. The van der Waals surface area contributed by atoms with Crippen molar-refractivity contribution in [2.24, 2.45) is 11.8 Å². The molecule has 2 heterocycles. The minimum Gasteiger partial charge on any atom is -0.381 e. The molecule has 23 heavy (non-hydrogen) atoms. The molecule has 0 bridgehead atoms. The molecule has 1 aliphatic carbocycles. The van der Waals surface area contributed by atoms with Crippen molar-refractivity contribution in [2.45, 2.75) is 38.6 Å². The first-order valence-electron chi connectivity index (χ1n) is 8.56. The molecule has 0 spiro atoms. The molecule has 0 amide bonds. The molecule has 1 aromatic heterocycles. The Balaban J connectivity index is 1.29. The van der Waals surface area contributed by atoms with Crippen molar-refractivity contribution in [1.82, 2.24) is 4.98 Å². The van der Waals surface area contributed by atoms with E-state index in [9.17, 15) is 0 Å². The van der Waals surface area contributed by atoms with Gasteiger partial charge < -0.3 is 18.9 Å². The van der Waals surface area contributed by atoms with Gasteiger partial charge in [0, 0.05) is 20.3 Å². The number of nitrogens with zero attached hydrogens (tertiary/aromatic N) is 1. The van der Waals surface area contributed by atoms with Crippen molar-refractivity contribution >= 4 is 0 Å². The van der Waals surface area contributed by atoms with Crippen LogP contribution < -0.4 is 0 Å². The van der Waals surface area contributed by atoms with E-state index >= 15 is 0 Å². The first kappa shape index (κ1) is 16.8. The van der Waals surface area contributed by atoms with Gasteiger partial charge >= 0.3 is 0 Å². The lowest BCUT2D eigenvalue weighted by atomic mass is 10.1. The third-order valence-electron chi connectivity index (χ3n) is 4.52. The highest BCUT2D eigenvalue weighted by Crippen LogP contribution is 2.39. The Morgan fingerprint density at radius 2 is 1.83 bits per heavy atom. The van der Waals surface area contributed by atoms with Crippen molar-refractivity contribution in [3.05, 3.63) is 29.6 Å². The Bertz CT molecular complexity index is 476. The Morgan fingerprint density at radius 1 is 1.09 bits per heavy atom. The van der Waals surface area contributed by atoms with Gasteiger partial charge in [0.1, 0.15) is 0 Å². The average molecular weight is 321 g/mol. The molecule has 128 valence electrons. The zero-order valence-electron chi connectivity index (χ0n) is 13.9. The van der Waals surface area contributed by atoms with Gasteiger partial charge in [0.05, 0.1) is 43.9 Å². The van der Waals surface area contributed by atoms with Crippen molar-refractivity contribution < 1.29 is 18.9 Å². The fourth-order valence-corrected chi connectivity index (χ4v) is 2.97. The fraction of sp³-hybridized carbons (Fsp3) is 0.722. The molecular formula is C18H27NO4. The number of aromatic nitrogens is 1. The SMILES string of the molecule is COCc1cccc(COCC2CC2COC2CCOCC2)n1. The van der Waals surface area contributed by atoms with Crippen LogP contribution in [0, 0.1) is 11.8 Å². The van der Waals surface area contributed by atoms with E-state index in [0.717, 1.165) is 50.7 Å². The molecule has 2 aliphatic rings. The third-order valence-corrected chi connectivity index (χ3v) is 4.52. The summed E-state index contributed by atoms with van der Waals surface area (Å²) in [5, 5.41) is 0. The molecule has 1 aromatic rings. The Morgan fingerprint density at radius 3 is 2.61 bits per heavy atom. The van der Waals surface area contributed by atoms with Crippen molar-refractivity contribution in [3.8, 4) is 0 Å². The van der Waals surface area contributed by atoms with Crippen LogP contribution >= 0.6 is 0 Å². The van der Waals surface area contributed by atoms with Crippen molar-refractivity contribution in [2.75, 3.05) is 33.5 Å². The van der Waals surface area contributed by atoms with Crippen LogP contribution in [0.4, 0.5) is 0 Å². The highest BCUT2D eigenvalue weighted by atomic mass is 16.5. The number of ether oxygens (including phenoxy) is 4. The molecular weight excluding hydrogens is 294 g/mol. The summed E-state index contributed by atoms with van der Waals surface area (Å²) in [6.07, 6.45) is 3.70. The maximum absolute atomic E-state index is 5.98. The molecule has 3 rings (SSSR count). The molecule has 0 N–H and O–H groups in total. The number of rotatable bonds is 9. The van der Waals surface area contributed by atoms with Gasteiger partial charge in [0.15, 0.2) is 0 Å². The molecule has 1 saturated heterocycles. The van der Waals surface area contributed by atoms with Crippen molar-refractivity contribution in [3.63, 3.8) is 0 Å². The van der Waals surface area contributed by atoms with E-state index in [1.54, 1.807) is 7.11 Å². The Kier molecular flexibility index (Phi) is 6.39. The zero-order valence-corrected chi connectivity index (χ0v) is 13.9. The van der Waals surface area contributed by atoms with E-state index in [1.807, 2.05) is 18.2 Å². The van der Waals surface area contributed by atoms with E-state index in [4.69, 9.17) is 18.9 Å². The van der Waals surface area contributed by atoms with Crippen LogP contribution in [-0.4, -0.2) is 44.6 Å². The van der Waals surface area contributed by atoms with E-state index in [-0.39, 0.29) is 0 Å². The fourth-order valence-electron chi connectivity index (χ4n) is 2.97. The monoisotopic (exact) mass is 321 g/mol. The quantitative estimate of drug-likeness (QED) is 0.700. The number of pyridine rings is 1. The highest BCUT2D eigenvalue weighted by molar-refractivity contribution is 5.10. The van der Waals surface area contributed by atoms with Crippen LogP contribution in [0.3, 0.4) is 0 Å². The summed E-state index contributed by atoms with van der Waals surface area (Å²) in [5.41, 5.74) is 1.91. The van der Waals surface area contributed by atoms with Crippen LogP contribution in [-0.2, 0) is 32.2 Å². The van der Waals surface area contributed by atoms with Gasteiger partial charge in [-0.15, -0.1) is 0 Å². The molecule has 5 nitrogen and oxygen atoms in total. The topological polar surface area (TPSA) is 49.8 Å². The lowest BCUT2D eigenvalue weighted by Gasteiger charge is -2.22. The number of hydrogen-bond acceptors (Lipinski definition) is 5. The molecule has 1 saturated carbocycles. The minimum atomic E-state index is 0.402. The molecule has 0 radical (unpaired) electrons. The summed E-state index contributed by atoms with van der Waals surface area (Å²) in [6.45, 7) is 4.48. The Labute approximate surface area is 138 Å². The predicted octanol–water partition coefficient (Wildman–Crippen LogP) is 2.58. The van der Waals surface area contributed by atoms with Gasteiger partial charge in [0.2, 0.25) is 0 Å². The molecule has 2 unspecified atom stereocenters. The maximum atomic E-state index is 5.98. The van der Waals surface area contributed by atoms with E-state index in [1.165, 1.54) is 6.42 Å². The second-order valence-corrected chi connectivity index (χ2v) is 6.47. The highest BCUT2D eigenvalue weighted by Gasteiger charge is 2.37. The maximum Gasteiger partial charge on any atom is 0.0888 e. The summed E-state index contributed by atoms with van der Waals surface area (Å²) < 4.78 is 22.3. The molecule has 2 atom stereocenters. The van der Waals surface area contributed by atoms with Gasteiger partial charge in [-0.2, -0.15) is 0 Å². The van der Waals surface area contributed by atoms with Crippen LogP contribution in [0.2, 0.25) is 0 Å². The van der Waals surface area contributed by atoms with Gasteiger partial charge in [-0.1, -0.05) is 6.07 Å². The lowest BCUT2D eigenvalue weighted by molar-refractivity contribution is -0.0371. The second kappa shape index (κ2) is 8.73. The van der Waals surface area contributed by atoms with Gasteiger partial charge in [-0.3, -0.25) is 4.98 Å². The smallest absolute Gasteiger partial charge is 0.0888 e. The summed E-state index contributed by atoms with van der Waals surface area (Å²) >= 11 is 0. The standard InChI is InChI=1S/C18H27NO4/c1-20-12-16-3-2-4-17(19-16)13-22-10-14-9-15(14)11-23-18-5-7-21-8-6-18/h2-4,14-15,18H,5-13H2,1H3. The van der Waals surface area contributed by atoms with Crippen LogP contribution in [0.5, 0.6) is 0 Å². The van der Waals surface area contributed by atoms with Gasteiger partial charge in [-0.05, 0) is 43.2 Å². The number of methoxy groups -OCH3 is 1. The number of hydrogen-bond donors (Lipinski definition) is 0. The molecule has 0 aromatic carbocycles. The molecule has 5 heteroatoms. The van der Waals surface area contributed by atoms with Crippen molar-refractivity contribution in [1.29, 1.82) is 0 Å². The van der Waals surface area contributed by atoms with E-state index in [2.05, 4.69) is 4.98 Å². The summed E-state index contributed by atoms with van der Waals surface area (Å²) in [7, 11) is 1.68. The second-order valence-electron chi connectivity index (χ2n) is 6.47. The summed E-state index contributed by atoms with van der Waals surface area (Å²) in [5.74, 6) is 1.32. The Hall–Kier alpha value is -1.01. The van der Waals surface area contributed by atoms with Gasteiger partial charge in [0.25, 0.3) is 0 Å². The van der Waals surface area contributed by atoms with Crippen LogP contribution in [0.15, 0.2) is 18.2 Å². The molecule has 1 aliphatic heterocycles. The summed E-state index contributed by atoms with van der Waals surface area (Å²) in [6, 6.07) is 5.97. The first-order chi connectivity index (χ1) is 11.3. The lowest BCUT2D eigenvalue weighted by Crippen LogP contribution is -2.24. The van der Waals surface area contributed by atoms with Gasteiger partial charge in [-0.25, -0.2) is 0 Å². The first-order valence-corrected chi connectivity index (χ1v) is 8.56. The average Bonchev–Trinajstić information content (AvgIpc) is 3.33. The summed E-state index contributed by atoms with van der Waals surface area (Å²) in [4.78, 5) is 4.51. The zero-order chi connectivity index (χ0) is 15.9.